The Morgan fingerprint density at radius 1 is 1.26 bits per heavy atom. The molecule has 1 amide bonds. The average Bonchev–Trinajstić information content (AvgIpc) is 2.54. The topological polar surface area (TPSA) is 38.3 Å². The predicted octanol–water partition coefficient (Wildman–Crippen LogP) is 4.92. The van der Waals surface area contributed by atoms with Gasteiger partial charge in [0.25, 0.3) is 0 Å². The maximum atomic E-state index is 12.0. The molecule has 1 N–H and O–H groups in total. The number of hydrogen-bond donors (Lipinski definition) is 1. The number of carbonyl (C=O) groups excluding carboxylic acids is 1. The van der Waals surface area contributed by atoms with Crippen LogP contribution in [-0.2, 0) is 4.79 Å². The quantitative estimate of drug-likeness (QED) is 0.547. The largest absolute Gasteiger partial charge is 0.488 e. The molecule has 0 spiro atoms. The summed E-state index contributed by atoms with van der Waals surface area (Å²) < 4.78 is 6.65. The van der Waals surface area contributed by atoms with Gasteiger partial charge in [0.05, 0.1) is 5.69 Å². The summed E-state index contributed by atoms with van der Waals surface area (Å²) in [6.07, 6.45) is 5.24. The molecule has 3 nitrogen and oxygen atoms in total. The van der Waals surface area contributed by atoms with Gasteiger partial charge in [0.1, 0.15) is 12.4 Å². The first-order valence-corrected chi connectivity index (χ1v) is 8.44. The van der Waals surface area contributed by atoms with E-state index in [0.717, 1.165) is 26.1 Å². The minimum atomic E-state index is -0.174. The second-order valence-electron chi connectivity index (χ2n) is 4.99. The van der Waals surface area contributed by atoms with Gasteiger partial charge < -0.3 is 10.1 Å². The molecule has 0 unspecified atom stereocenters. The van der Waals surface area contributed by atoms with Crippen molar-refractivity contribution in [2.24, 2.45) is 0 Å². The van der Waals surface area contributed by atoms with Gasteiger partial charge in [-0.2, -0.15) is 0 Å². The number of carbonyl (C=O) groups is 1. The second-order valence-corrected chi connectivity index (χ2v) is 6.59. The van der Waals surface area contributed by atoms with Crippen LogP contribution in [0, 0.1) is 3.57 Å². The molecule has 0 bridgehead atoms. The van der Waals surface area contributed by atoms with E-state index in [1.54, 1.807) is 12.1 Å². The lowest BCUT2D eigenvalue weighted by Gasteiger charge is -2.16. The summed E-state index contributed by atoms with van der Waals surface area (Å²) in [6.45, 7) is 0.432. The van der Waals surface area contributed by atoms with Gasteiger partial charge in [-0.1, -0.05) is 29.8 Å². The van der Waals surface area contributed by atoms with E-state index < -0.39 is 0 Å². The van der Waals surface area contributed by atoms with Crippen molar-refractivity contribution in [1.82, 2.24) is 0 Å². The van der Waals surface area contributed by atoms with Gasteiger partial charge in [-0.3, -0.25) is 4.79 Å². The minimum Gasteiger partial charge on any atom is -0.488 e. The highest BCUT2D eigenvalue weighted by Crippen LogP contribution is 2.29. The second kappa shape index (κ2) is 7.19. The fourth-order valence-electron chi connectivity index (χ4n) is 2.18. The number of hydrogen-bond acceptors (Lipinski definition) is 2. The summed E-state index contributed by atoms with van der Waals surface area (Å²) in [4.78, 5) is 12.0. The maximum absolute atomic E-state index is 12.0. The maximum Gasteiger partial charge on any atom is 0.248 e. The Morgan fingerprint density at radius 3 is 2.91 bits per heavy atom. The Morgan fingerprint density at radius 2 is 2.09 bits per heavy atom. The zero-order valence-corrected chi connectivity index (χ0v) is 15.0. The fourth-order valence-corrected chi connectivity index (χ4v) is 2.88. The molecular formula is C18H13ClINO2. The van der Waals surface area contributed by atoms with Gasteiger partial charge >= 0.3 is 0 Å². The van der Waals surface area contributed by atoms with Gasteiger partial charge in [-0.15, -0.1) is 0 Å². The Kier molecular flexibility index (Phi) is 5.03. The van der Waals surface area contributed by atoms with E-state index in [2.05, 4.69) is 27.9 Å². The monoisotopic (exact) mass is 437 g/mol. The van der Waals surface area contributed by atoms with E-state index in [1.165, 1.54) is 6.08 Å². The van der Waals surface area contributed by atoms with Crippen molar-refractivity contribution in [3.63, 3.8) is 0 Å². The van der Waals surface area contributed by atoms with Crippen molar-refractivity contribution in [1.29, 1.82) is 0 Å². The molecule has 3 rings (SSSR count). The van der Waals surface area contributed by atoms with Crippen LogP contribution in [0.4, 0.5) is 5.69 Å². The Labute approximate surface area is 153 Å². The van der Waals surface area contributed by atoms with E-state index in [1.807, 2.05) is 42.5 Å². The number of fused-ring (bicyclic) bond motifs is 1. The highest BCUT2D eigenvalue weighted by molar-refractivity contribution is 14.1. The first-order valence-electron chi connectivity index (χ1n) is 6.98. The van der Waals surface area contributed by atoms with Crippen molar-refractivity contribution in [2.45, 2.75) is 0 Å². The van der Waals surface area contributed by atoms with Crippen LogP contribution in [0.5, 0.6) is 5.75 Å². The lowest BCUT2D eigenvalue weighted by molar-refractivity contribution is -0.111. The van der Waals surface area contributed by atoms with Crippen molar-refractivity contribution in [3.05, 3.63) is 74.3 Å². The average molecular weight is 438 g/mol. The molecule has 1 aliphatic heterocycles. The molecule has 23 heavy (non-hydrogen) atoms. The van der Waals surface area contributed by atoms with Gasteiger partial charge in [-0.25, -0.2) is 0 Å². The summed E-state index contributed by atoms with van der Waals surface area (Å²) >= 11 is 8.18. The number of rotatable bonds is 3. The molecule has 1 heterocycles. The third kappa shape index (κ3) is 4.14. The van der Waals surface area contributed by atoms with Crippen molar-refractivity contribution in [3.8, 4) is 5.75 Å². The van der Waals surface area contributed by atoms with Gasteiger partial charge in [0, 0.05) is 20.2 Å². The molecule has 2 aromatic rings. The molecule has 2 aromatic carbocycles. The number of nitrogens with one attached hydrogen (secondary N) is 1. The third-order valence-corrected chi connectivity index (χ3v) is 4.46. The lowest BCUT2D eigenvalue weighted by atomic mass is 10.1. The smallest absolute Gasteiger partial charge is 0.248 e. The molecule has 0 fully saturated rings. The van der Waals surface area contributed by atoms with Crippen LogP contribution in [0.2, 0.25) is 5.02 Å². The summed E-state index contributed by atoms with van der Waals surface area (Å²) in [6, 6.07) is 13.1. The van der Waals surface area contributed by atoms with Crippen LogP contribution in [0.25, 0.3) is 6.08 Å². The summed E-state index contributed by atoms with van der Waals surface area (Å²) in [5.41, 5.74) is 2.63. The van der Waals surface area contributed by atoms with Crippen molar-refractivity contribution in [2.75, 3.05) is 11.9 Å². The Balaban J connectivity index is 1.71. The molecule has 0 aromatic heterocycles. The molecule has 5 heteroatoms. The van der Waals surface area contributed by atoms with E-state index in [4.69, 9.17) is 16.3 Å². The SMILES string of the molecule is O=C(/C=C/C1=Cc2cc(Cl)ccc2OC1)Nc1ccccc1I. The third-order valence-electron chi connectivity index (χ3n) is 3.29. The number of amides is 1. The number of halogens is 2. The van der Waals surface area contributed by atoms with Crippen molar-refractivity contribution < 1.29 is 9.53 Å². The summed E-state index contributed by atoms with van der Waals surface area (Å²) in [5, 5.41) is 3.51. The first-order chi connectivity index (χ1) is 11.1. The molecule has 0 atom stereocenters. The van der Waals surface area contributed by atoms with Gasteiger partial charge in [0.15, 0.2) is 0 Å². The van der Waals surface area contributed by atoms with Gasteiger partial charge in [-0.05, 0) is 64.6 Å². The zero-order valence-electron chi connectivity index (χ0n) is 12.1. The van der Waals surface area contributed by atoms with E-state index in [-0.39, 0.29) is 5.91 Å². The van der Waals surface area contributed by atoms with Crippen molar-refractivity contribution >= 4 is 51.9 Å². The number of anilines is 1. The molecular weight excluding hydrogens is 425 g/mol. The molecule has 0 saturated heterocycles. The summed E-state index contributed by atoms with van der Waals surface area (Å²) in [7, 11) is 0. The predicted molar refractivity (Wildman–Crippen MR) is 102 cm³/mol. The fraction of sp³-hybridized carbons (Fsp3) is 0.0556. The van der Waals surface area contributed by atoms with Crippen LogP contribution in [0.1, 0.15) is 5.56 Å². The van der Waals surface area contributed by atoms with Crippen LogP contribution in [0.15, 0.2) is 60.2 Å². The number of ether oxygens (including phenoxy) is 1. The lowest BCUT2D eigenvalue weighted by Crippen LogP contribution is -2.10. The molecule has 0 aliphatic carbocycles. The zero-order chi connectivity index (χ0) is 16.2. The molecule has 116 valence electrons. The number of para-hydroxylation sites is 1. The standard InChI is InChI=1S/C18H13ClINO2/c19-14-6-7-17-13(10-14)9-12(11-23-17)5-8-18(22)21-16-4-2-1-3-15(16)20/h1-10H,11H2,(H,21,22)/b8-5+. The highest BCUT2D eigenvalue weighted by Gasteiger charge is 2.10. The molecule has 0 saturated carbocycles. The molecule has 1 aliphatic rings. The van der Waals surface area contributed by atoms with E-state index >= 15 is 0 Å². The normalized spacial score (nSPS) is 13.2. The van der Waals surface area contributed by atoms with Gasteiger partial charge in [0.2, 0.25) is 5.91 Å². The van der Waals surface area contributed by atoms with E-state index in [0.29, 0.717) is 11.6 Å². The van der Waals surface area contributed by atoms with Crippen LogP contribution in [-0.4, -0.2) is 12.5 Å². The van der Waals surface area contributed by atoms with Crippen LogP contribution in [0.3, 0.4) is 0 Å². The highest BCUT2D eigenvalue weighted by atomic mass is 127. The van der Waals surface area contributed by atoms with Crippen LogP contribution < -0.4 is 10.1 Å². The number of benzene rings is 2. The van der Waals surface area contributed by atoms with E-state index in [9.17, 15) is 4.79 Å². The van der Waals surface area contributed by atoms with Crippen LogP contribution >= 0.6 is 34.2 Å². The Hall–Kier alpha value is -1.79. The summed E-state index contributed by atoms with van der Waals surface area (Å²) in [5.74, 6) is 0.627. The molecule has 0 radical (unpaired) electrons. The first kappa shape index (κ1) is 16.1. The Bertz CT molecular complexity index is 814. The minimum absolute atomic E-state index is 0.174.